The number of Topliss-reactive ketones (excluding diaryl/α,β-unsaturated/α-hetero) is 1. The highest BCUT2D eigenvalue weighted by molar-refractivity contribution is 5.97. The molecule has 10 atom stereocenters. The standard InChI is InChI=1S/C39H54O5/c1-23-14-18-39(34(42)43)19-15-29-28(32(39)24(23)2)12-13-30-36(29,6)20-21-38(8)35(4,5)31(16-17-37(30,38)7)44-33(41)27-11-9-10-26(22-27)25(3)40/h9-12,22-24,29-32H,13-21H2,1-8H3,(H,42,43). The van der Waals surface area contributed by atoms with Gasteiger partial charge in [-0.1, -0.05) is 72.2 Å². The maximum absolute atomic E-state index is 13.4. The molecule has 4 fully saturated rings. The van der Waals surface area contributed by atoms with Gasteiger partial charge in [0.25, 0.3) is 0 Å². The van der Waals surface area contributed by atoms with Crippen molar-refractivity contribution in [3.8, 4) is 0 Å². The van der Waals surface area contributed by atoms with Crippen LogP contribution >= 0.6 is 0 Å². The highest BCUT2D eigenvalue weighted by atomic mass is 16.5. The lowest BCUT2D eigenvalue weighted by atomic mass is 9.32. The molecule has 5 nitrogen and oxygen atoms in total. The van der Waals surface area contributed by atoms with Gasteiger partial charge in [-0.3, -0.25) is 9.59 Å². The molecule has 0 amide bonds. The van der Waals surface area contributed by atoms with Crippen molar-refractivity contribution in [2.45, 2.75) is 119 Å². The molecule has 0 saturated heterocycles. The molecule has 0 spiro atoms. The summed E-state index contributed by atoms with van der Waals surface area (Å²) in [6.07, 6.45) is 11.0. The fourth-order valence-electron chi connectivity index (χ4n) is 12.0. The Morgan fingerprint density at radius 2 is 1.57 bits per heavy atom. The Hall–Kier alpha value is -2.43. The predicted octanol–water partition coefficient (Wildman–Crippen LogP) is 9.16. The van der Waals surface area contributed by atoms with Crippen LogP contribution in [-0.4, -0.2) is 28.9 Å². The van der Waals surface area contributed by atoms with E-state index < -0.39 is 11.4 Å². The third-order valence-electron chi connectivity index (χ3n) is 15.4. The number of hydrogen-bond donors (Lipinski definition) is 1. The summed E-state index contributed by atoms with van der Waals surface area (Å²) in [6.45, 7) is 18.3. The Morgan fingerprint density at radius 1 is 0.886 bits per heavy atom. The maximum atomic E-state index is 13.4. The first-order valence-corrected chi connectivity index (χ1v) is 17.3. The van der Waals surface area contributed by atoms with Crippen LogP contribution in [0.1, 0.15) is 134 Å². The highest BCUT2D eigenvalue weighted by Crippen LogP contribution is 2.76. The summed E-state index contributed by atoms with van der Waals surface area (Å²) in [5.41, 5.74) is 1.78. The molecule has 6 rings (SSSR count). The van der Waals surface area contributed by atoms with Crippen molar-refractivity contribution in [3.63, 3.8) is 0 Å². The van der Waals surface area contributed by atoms with E-state index in [1.54, 1.807) is 24.3 Å². The van der Waals surface area contributed by atoms with E-state index in [2.05, 4.69) is 54.5 Å². The van der Waals surface area contributed by atoms with Crippen LogP contribution in [0.5, 0.6) is 0 Å². The fraction of sp³-hybridized carbons (Fsp3) is 0.718. The van der Waals surface area contributed by atoms with E-state index in [-0.39, 0.29) is 45.4 Å². The van der Waals surface area contributed by atoms with Gasteiger partial charge < -0.3 is 9.84 Å². The van der Waals surface area contributed by atoms with Crippen LogP contribution < -0.4 is 0 Å². The van der Waals surface area contributed by atoms with Gasteiger partial charge in [0.15, 0.2) is 5.78 Å². The smallest absolute Gasteiger partial charge is 0.338 e. The van der Waals surface area contributed by atoms with Crippen LogP contribution in [0.2, 0.25) is 0 Å². The number of ketones is 1. The molecular formula is C39H54O5. The predicted molar refractivity (Wildman–Crippen MR) is 172 cm³/mol. The van der Waals surface area contributed by atoms with E-state index in [0.29, 0.717) is 34.8 Å². The van der Waals surface area contributed by atoms with Crippen molar-refractivity contribution in [2.75, 3.05) is 0 Å². The van der Waals surface area contributed by atoms with E-state index in [9.17, 15) is 19.5 Å². The Morgan fingerprint density at radius 3 is 2.25 bits per heavy atom. The second kappa shape index (κ2) is 10.3. The number of carboxylic acid groups (broad SMARTS) is 1. The molecule has 0 aliphatic heterocycles. The second-order valence-electron chi connectivity index (χ2n) is 16.9. The van der Waals surface area contributed by atoms with E-state index >= 15 is 0 Å². The Bertz CT molecular complexity index is 1410. The molecule has 5 heteroatoms. The summed E-state index contributed by atoms with van der Waals surface area (Å²) in [7, 11) is 0. The average molecular weight is 603 g/mol. The van der Waals surface area contributed by atoms with Gasteiger partial charge in [0, 0.05) is 11.0 Å². The SMILES string of the molecule is CC(=O)c1cccc(C(=O)OC2CCC3(C)C4CC=C5C6C(C)C(C)CCC6(C(=O)O)CCC5C4(C)CCC3(C)C2(C)C)c1. The lowest BCUT2D eigenvalue weighted by molar-refractivity contribution is -0.238. The molecule has 0 heterocycles. The normalized spacial score (nSPS) is 44.1. The van der Waals surface area contributed by atoms with Crippen molar-refractivity contribution in [1.82, 2.24) is 0 Å². The molecule has 0 bridgehead atoms. The molecule has 5 aliphatic rings. The molecule has 10 unspecified atom stereocenters. The Labute approximate surface area is 264 Å². The number of rotatable bonds is 4. The van der Waals surface area contributed by atoms with Gasteiger partial charge in [0.2, 0.25) is 0 Å². The monoisotopic (exact) mass is 602 g/mol. The minimum Gasteiger partial charge on any atom is -0.481 e. The van der Waals surface area contributed by atoms with Crippen molar-refractivity contribution < 1.29 is 24.2 Å². The van der Waals surface area contributed by atoms with E-state index in [0.717, 1.165) is 57.8 Å². The first-order chi connectivity index (χ1) is 20.5. The van der Waals surface area contributed by atoms with Gasteiger partial charge in [-0.15, -0.1) is 0 Å². The van der Waals surface area contributed by atoms with Gasteiger partial charge in [-0.05, 0) is 123 Å². The van der Waals surface area contributed by atoms with Gasteiger partial charge >= 0.3 is 11.9 Å². The quantitative estimate of drug-likeness (QED) is 0.211. The number of fused-ring (bicyclic) bond motifs is 7. The molecule has 5 aliphatic carbocycles. The van der Waals surface area contributed by atoms with Crippen molar-refractivity contribution in [2.24, 2.45) is 56.7 Å². The first-order valence-electron chi connectivity index (χ1n) is 17.3. The van der Waals surface area contributed by atoms with Crippen LogP contribution in [0, 0.1) is 56.7 Å². The van der Waals surface area contributed by atoms with Gasteiger partial charge in [-0.2, -0.15) is 0 Å². The summed E-state index contributed by atoms with van der Waals surface area (Å²) in [6, 6.07) is 6.89. The minimum atomic E-state index is -0.599. The second-order valence-corrected chi connectivity index (χ2v) is 16.9. The van der Waals surface area contributed by atoms with E-state index in [1.807, 2.05) is 0 Å². The molecule has 1 aromatic rings. The van der Waals surface area contributed by atoms with Crippen LogP contribution in [0.15, 0.2) is 35.9 Å². The number of benzene rings is 1. The zero-order chi connectivity index (χ0) is 32.0. The number of carboxylic acids is 1. The van der Waals surface area contributed by atoms with Gasteiger partial charge in [-0.25, -0.2) is 4.79 Å². The number of carbonyl (C=O) groups excluding carboxylic acids is 2. The van der Waals surface area contributed by atoms with Crippen LogP contribution in [0.3, 0.4) is 0 Å². The lowest BCUT2D eigenvalue weighted by Gasteiger charge is -2.72. The van der Waals surface area contributed by atoms with E-state index in [1.165, 1.54) is 12.5 Å². The summed E-state index contributed by atoms with van der Waals surface area (Å²) < 4.78 is 6.33. The van der Waals surface area contributed by atoms with Gasteiger partial charge in [0.1, 0.15) is 6.10 Å². The molecule has 0 aromatic heterocycles. The van der Waals surface area contributed by atoms with Crippen LogP contribution in [0.25, 0.3) is 0 Å². The molecular weight excluding hydrogens is 548 g/mol. The number of esters is 1. The number of carbonyl (C=O) groups is 3. The fourth-order valence-corrected chi connectivity index (χ4v) is 12.0. The zero-order valence-electron chi connectivity index (χ0n) is 28.3. The molecule has 240 valence electrons. The van der Waals surface area contributed by atoms with Gasteiger partial charge in [0.05, 0.1) is 11.0 Å². The van der Waals surface area contributed by atoms with Crippen molar-refractivity contribution in [1.29, 1.82) is 0 Å². The highest BCUT2D eigenvalue weighted by Gasteiger charge is 2.70. The maximum Gasteiger partial charge on any atom is 0.338 e. The van der Waals surface area contributed by atoms with Crippen LogP contribution in [-0.2, 0) is 9.53 Å². The third kappa shape index (κ3) is 4.12. The summed E-state index contributed by atoms with van der Waals surface area (Å²) in [4.78, 5) is 38.3. The number of ether oxygens (including phenoxy) is 1. The number of hydrogen-bond acceptors (Lipinski definition) is 4. The molecule has 1 N–H and O–H groups in total. The minimum absolute atomic E-state index is 0.0356. The third-order valence-corrected chi connectivity index (χ3v) is 15.4. The molecule has 4 saturated carbocycles. The summed E-state index contributed by atoms with van der Waals surface area (Å²) in [5, 5.41) is 10.6. The van der Waals surface area contributed by atoms with Crippen molar-refractivity contribution in [3.05, 3.63) is 47.0 Å². The largest absolute Gasteiger partial charge is 0.481 e. The zero-order valence-corrected chi connectivity index (χ0v) is 28.3. The van der Waals surface area contributed by atoms with Crippen molar-refractivity contribution >= 4 is 17.7 Å². The average Bonchev–Trinajstić information content (AvgIpc) is 2.98. The Balaban J connectivity index is 1.31. The molecule has 1 aromatic carbocycles. The summed E-state index contributed by atoms with van der Waals surface area (Å²) >= 11 is 0. The van der Waals surface area contributed by atoms with Crippen LogP contribution in [0.4, 0.5) is 0 Å². The van der Waals surface area contributed by atoms with E-state index in [4.69, 9.17) is 4.74 Å². The first kappa shape index (κ1) is 31.5. The number of aliphatic carboxylic acids is 1. The summed E-state index contributed by atoms with van der Waals surface area (Å²) in [5.74, 6) is 1.05. The Kier molecular flexibility index (Phi) is 7.38. The molecule has 0 radical (unpaired) electrons. The lowest BCUT2D eigenvalue weighted by Crippen LogP contribution is -2.67. The topological polar surface area (TPSA) is 80.7 Å². The number of allylic oxidation sites excluding steroid dienone is 2. The molecule has 44 heavy (non-hydrogen) atoms.